The van der Waals surface area contributed by atoms with Crippen LogP contribution in [0.3, 0.4) is 0 Å². The van der Waals surface area contributed by atoms with Crippen LogP contribution in [-0.4, -0.2) is 52.5 Å². The molecule has 1 unspecified atom stereocenters. The van der Waals surface area contributed by atoms with E-state index in [4.69, 9.17) is 0 Å². The molecule has 33 heavy (non-hydrogen) atoms. The molecule has 5 rings (SSSR count). The number of halogens is 1. The summed E-state index contributed by atoms with van der Waals surface area (Å²) < 4.78 is 14.8. The topological polar surface area (TPSA) is 53.5 Å². The lowest BCUT2D eigenvalue weighted by Gasteiger charge is -2.44. The zero-order valence-electron chi connectivity index (χ0n) is 18.8. The number of ketones is 2. The van der Waals surface area contributed by atoms with Crippen LogP contribution in [0.25, 0.3) is 0 Å². The van der Waals surface area contributed by atoms with Crippen molar-refractivity contribution in [2.45, 2.75) is 25.9 Å². The van der Waals surface area contributed by atoms with Crippen molar-refractivity contribution in [3.8, 4) is 0 Å². The number of benzene rings is 2. The fourth-order valence-corrected chi connectivity index (χ4v) is 5.33. The predicted molar refractivity (Wildman–Crippen MR) is 124 cm³/mol. The van der Waals surface area contributed by atoms with E-state index in [0.717, 1.165) is 17.7 Å². The minimum absolute atomic E-state index is 0.0825. The van der Waals surface area contributed by atoms with Gasteiger partial charge in [0.2, 0.25) is 0 Å². The van der Waals surface area contributed by atoms with Crippen LogP contribution < -0.4 is 0 Å². The number of piperazine rings is 1. The summed E-state index contributed by atoms with van der Waals surface area (Å²) in [7, 11) is 0. The van der Waals surface area contributed by atoms with Crippen LogP contribution in [0, 0.1) is 19.7 Å². The lowest BCUT2D eigenvalue weighted by atomic mass is 9.81. The largest absolute Gasteiger partial charge is 0.297 e. The Bertz CT molecular complexity index is 1220. The first kappa shape index (κ1) is 21.6. The summed E-state index contributed by atoms with van der Waals surface area (Å²) >= 11 is 0. The van der Waals surface area contributed by atoms with Gasteiger partial charge >= 0.3 is 0 Å². The normalized spacial score (nSPS) is 21.4. The number of aromatic nitrogens is 1. The number of carbonyl (C=O) groups excluding carboxylic acids is 2. The van der Waals surface area contributed by atoms with E-state index < -0.39 is 17.1 Å². The van der Waals surface area contributed by atoms with Crippen LogP contribution in [0.2, 0.25) is 0 Å². The van der Waals surface area contributed by atoms with Gasteiger partial charge in [-0.1, -0.05) is 41.5 Å². The molecular formula is C27H26FN3O2. The molecule has 0 amide bonds. The average molecular weight is 444 g/mol. The molecule has 1 atom stereocenters. The smallest absolute Gasteiger partial charge is 0.199 e. The predicted octanol–water partition coefficient (Wildman–Crippen LogP) is 3.93. The third kappa shape index (κ3) is 3.50. The number of hydrogen-bond donors (Lipinski definition) is 0. The van der Waals surface area contributed by atoms with Crippen molar-refractivity contribution in [1.29, 1.82) is 0 Å². The molecule has 1 saturated heterocycles. The Morgan fingerprint density at radius 3 is 2.21 bits per heavy atom. The molecular weight excluding hydrogens is 417 g/mol. The van der Waals surface area contributed by atoms with Gasteiger partial charge in [0.25, 0.3) is 0 Å². The summed E-state index contributed by atoms with van der Waals surface area (Å²) in [5.41, 5.74) is 2.32. The Hall–Kier alpha value is -3.22. The maximum Gasteiger partial charge on any atom is 0.199 e. The highest BCUT2D eigenvalue weighted by atomic mass is 19.1. The van der Waals surface area contributed by atoms with Crippen molar-refractivity contribution < 1.29 is 14.0 Å². The molecule has 0 bridgehead atoms. The quantitative estimate of drug-likeness (QED) is 0.572. The van der Waals surface area contributed by atoms with Gasteiger partial charge in [0.05, 0.1) is 5.56 Å². The summed E-state index contributed by atoms with van der Waals surface area (Å²) in [4.78, 5) is 36.2. The summed E-state index contributed by atoms with van der Waals surface area (Å²) in [6.45, 7) is 7.16. The van der Waals surface area contributed by atoms with Crippen molar-refractivity contribution >= 4 is 11.6 Å². The molecule has 2 aromatic carbocycles. The molecule has 1 aliphatic heterocycles. The second kappa shape index (κ2) is 8.28. The minimum Gasteiger partial charge on any atom is -0.297 e. The van der Waals surface area contributed by atoms with Gasteiger partial charge in [-0.25, -0.2) is 4.39 Å². The highest BCUT2D eigenvalue weighted by molar-refractivity contribution is 6.33. The third-order valence-electron chi connectivity index (χ3n) is 6.78. The number of rotatable bonds is 4. The molecule has 0 saturated carbocycles. The fourth-order valence-electron chi connectivity index (χ4n) is 5.33. The van der Waals surface area contributed by atoms with E-state index in [1.165, 1.54) is 17.7 Å². The number of Topliss-reactive ketones (excluding diaryl/α,β-unsaturated/α-hetero) is 2. The van der Waals surface area contributed by atoms with Gasteiger partial charge in [-0.3, -0.25) is 24.4 Å². The van der Waals surface area contributed by atoms with Gasteiger partial charge in [-0.2, -0.15) is 0 Å². The van der Waals surface area contributed by atoms with E-state index in [2.05, 4.69) is 9.88 Å². The molecule has 1 fully saturated rings. The van der Waals surface area contributed by atoms with E-state index in [1.54, 1.807) is 18.5 Å². The summed E-state index contributed by atoms with van der Waals surface area (Å²) in [6.07, 6.45) is 3.56. The zero-order chi connectivity index (χ0) is 23.2. The van der Waals surface area contributed by atoms with Crippen molar-refractivity contribution in [1.82, 2.24) is 14.8 Å². The van der Waals surface area contributed by atoms with Crippen molar-refractivity contribution in [3.63, 3.8) is 0 Å². The second-order valence-corrected chi connectivity index (χ2v) is 9.03. The molecule has 0 radical (unpaired) electrons. The molecule has 5 nitrogen and oxygen atoms in total. The van der Waals surface area contributed by atoms with Gasteiger partial charge in [0.15, 0.2) is 17.1 Å². The van der Waals surface area contributed by atoms with Crippen LogP contribution in [0.5, 0.6) is 0 Å². The van der Waals surface area contributed by atoms with E-state index >= 15 is 0 Å². The number of hydrogen-bond acceptors (Lipinski definition) is 5. The van der Waals surface area contributed by atoms with E-state index in [0.29, 0.717) is 31.7 Å². The average Bonchev–Trinajstić information content (AvgIpc) is 3.03. The monoisotopic (exact) mass is 443 g/mol. The maximum atomic E-state index is 14.8. The highest BCUT2D eigenvalue weighted by Gasteiger charge is 2.59. The van der Waals surface area contributed by atoms with Crippen LogP contribution in [0.1, 0.15) is 43.0 Å². The van der Waals surface area contributed by atoms with Gasteiger partial charge in [-0.05, 0) is 43.2 Å². The van der Waals surface area contributed by atoms with Crippen molar-refractivity contribution in [2.75, 3.05) is 26.2 Å². The van der Waals surface area contributed by atoms with E-state index in [-0.39, 0.29) is 16.9 Å². The molecule has 6 heteroatoms. The number of carbonyl (C=O) groups is 2. The van der Waals surface area contributed by atoms with Gasteiger partial charge < -0.3 is 0 Å². The number of pyridine rings is 1. The maximum absolute atomic E-state index is 14.8. The lowest BCUT2D eigenvalue weighted by molar-refractivity contribution is 0.0278. The Labute approximate surface area is 192 Å². The second-order valence-electron chi connectivity index (χ2n) is 9.03. The molecule has 0 N–H and O–H groups in total. The molecule has 1 aliphatic carbocycles. The zero-order valence-corrected chi connectivity index (χ0v) is 18.8. The Morgan fingerprint density at radius 1 is 0.909 bits per heavy atom. The van der Waals surface area contributed by atoms with Crippen LogP contribution in [0.15, 0.2) is 60.9 Å². The summed E-state index contributed by atoms with van der Waals surface area (Å²) in [6, 6.07) is 14.1. The molecule has 3 aromatic rings. The first-order valence-electron chi connectivity index (χ1n) is 11.2. The van der Waals surface area contributed by atoms with Crippen LogP contribution >= 0.6 is 0 Å². The molecule has 2 aliphatic rings. The van der Waals surface area contributed by atoms with Crippen molar-refractivity contribution in [3.05, 3.63) is 100 Å². The molecule has 2 heterocycles. The first-order chi connectivity index (χ1) is 15.9. The van der Waals surface area contributed by atoms with Crippen molar-refractivity contribution in [2.24, 2.45) is 0 Å². The Kier molecular flexibility index (Phi) is 5.43. The number of aryl methyl sites for hydroxylation is 2. The first-order valence-corrected chi connectivity index (χ1v) is 11.2. The minimum atomic E-state index is -1.52. The number of nitrogens with zero attached hydrogens (tertiary/aromatic N) is 3. The number of fused-ring (bicyclic) bond motifs is 1. The standard InChI is InChI=1S/C27H26FN3O2/c1-18-14-19(2)16-21(15-18)27(25(32)22-4-3-5-23(28)24(22)26(27)33)31-12-10-30(11-13-31)17-20-6-8-29-9-7-20/h3-9,14-16H,10-13,17H2,1-2H3. The molecule has 0 spiro atoms. The highest BCUT2D eigenvalue weighted by Crippen LogP contribution is 2.44. The van der Waals surface area contributed by atoms with Gasteiger partial charge in [0, 0.05) is 50.7 Å². The van der Waals surface area contributed by atoms with E-state index in [9.17, 15) is 14.0 Å². The summed E-state index contributed by atoms with van der Waals surface area (Å²) in [5.74, 6) is -1.41. The van der Waals surface area contributed by atoms with Crippen LogP contribution in [0.4, 0.5) is 4.39 Å². The third-order valence-corrected chi connectivity index (χ3v) is 6.78. The van der Waals surface area contributed by atoms with Gasteiger partial charge in [-0.15, -0.1) is 0 Å². The molecule has 168 valence electrons. The SMILES string of the molecule is Cc1cc(C)cc(C2(N3CCN(Cc4ccncc4)CC3)C(=O)c3cccc(F)c3C2=O)c1. The molecule has 1 aromatic heterocycles. The Balaban J connectivity index is 1.54. The van der Waals surface area contributed by atoms with E-state index in [1.807, 2.05) is 49.1 Å². The van der Waals surface area contributed by atoms with Gasteiger partial charge in [0.1, 0.15) is 5.82 Å². The summed E-state index contributed by atoms with van der Waals surface area (Å²) in [5, 5.41) is 0. The lowest BCUT2D eigenvalue weighted by Crippen LogP contribution is -2.60. The Morgan fingerprint density at radius 2 is 1.58 bits per heavy atom. The van der Waals surface area contributed by atoms with Crippen LogP contribution in [-0.2, 0) is 12.1 Å². The fraction of sp³-hybridized carbons (Fsp3) is 0.296.